The van der Waals surface area contributed by atoms with Crippen LogP contribution in [-0.4, -0.2) is 69.6 Å². The Morgan fingerprint density at radius 1 is 0.815 bits per heavy atom. The van der Waals surface area contributed by atoms with E-state index >= 15 is 0 Å². The average Bonchev–Trinajstić information content (AvgIpc) is 3.08. The van der Waals surface area contributed by atoms with E-state index in [1.165, 1.54) is 18.7 Å². The average molecular weight is 774 g/mol. The molecule has 0 aromatic heterocycles. The number of aromatic hydroxyl groups is 1. The van der Waals surface area contributed by atoms with Crippen LogP contribution in [0.2, 0.25) is 0 Å². The van der Waals surface area contributed by atoms with Gasteiger partial charge in [-0.1, -0.05) is 81.4 Å². The van der Waals surface area contributed by atoms with Crippen LogP contribution in [0.3, 0.4) is 0 Å². The largest absolute Gasteiger partial charge is 0.507 e. The maximum absolute atomic E-state index is 14.3. The molecule has 2 aromatic carbocycles. The van der Waals surface area contributed by atoms with Crippen LogP contribution in [0.5, 0.6) is 5.75 Å². The molecule has 2 aromatic rings. The zero-order valence-electron chi connectivity index (χ0n) is 33.3. The molecule has 54 heavy (non-hydrogen) atoms. The van der Waals surface area contributed by atoms with Gasteiger partial charge in [0.05, 0.1) is 6.04 Å². The lowest BCUT2D eigenvalue weighted by atomic mass is 9.73. The van der Waals surface area contributed by atoms with E-state index in [-0.39, 0.29) is 28.7 Å². The first kappa shape index (κ1) is 43.2. The molecule has 8 nitrogen and oxygen atoms in total. The molecule has 298 valence electrons. The summed E-state index contributed by atoms with van der Waals surface area (Å²) in [7, 11) is 0. The Kier molecular flexibility index (Phi) is 13.3. The summed E-state index contributed by atoms with van der Waals surface area (Å²) in [5.41, 5.74) is 2.78. The summed E-state index contributed by atoms with van der Waals surface area (Å²) in [5.74, 6) is -4.01. The third-order valence-electron chi connectivity index (χ3n) is 10.7. The molecule has 2 saturated heterocycles. The summed E-state index contributed by atoms with van der Waals surface area (Å²) in [4.78, 5) is 56.2. The number of carbonyl (C=O) groups excluding carboxylic acids is 4. The number of benzene rings is 2. The van der Waals surface area contributed by atoms with Crippen molar-refractivity contribution in [2.24, 2.45) is 17.8 Å². The van der Waals surface area contributed by atoms with Gasteiger partial charge in [-0.3, -0.25) is 19.2 Å². The van der Waals surface area contributed by atoms with E-state index in [9.17, 15) is 37.5 Å². The van der Waals surface area contributed by atoms with Gasteiger partial charge in [0.15, 0.2) is 0 Å². The molecule has 0 spiro atoms. The number of thioether (sulfide) groups is 1. The van der Waals surface area contributed by atoms with Crippen LogP contribution in [0.15, 0.2) is 41.3 Å². The van der Waals surface area contributed by atoms with Gasteiger partial charge in [-0.05, 0) is 90.5 Å². The van der Waals surface area contributed by atoms with Crippen LogP contribution in [-0.2, 0) is 31.6 Å². The molecule has 3 N–H and O–H groups in total. The summed E-state index contributed by atoms with van der Waals surface area (Å²) in [6.07, 6.45) is -1.80. The molecule has 3 amide bonds. The van der Waals surface area contributed by atoms with Gasteiger partial charge in [-0.25, -0.2) is 0 Å². The number of ketones is 1. The predicted molar refractivity (Wildman–Crippen MR) is 207 cm³/mol. The van der Waals surface area contributed by atoms with Crippen LogP contribution in [0.4, 0.5) is 13.2 Å². The number of halogens is 3. The topological polar surface area (TPSA) is 116 Å². The number of alkyl halides is 3. The van der Waals surface area contributed by atoms with Crippen LogP contribution < -0.4 is 10.6 Å². The number of aryl methyl sites for hydroxylation is 1. The number of fused-ring (bicyclic) bond motifs is 3. The molecular formula is C42H58F3N3O5S. The van der Waals surface area contributed by atoms with Crippen LogP contribution in [0.25, 0.3) is 0 Å². The van der Waals surface area contributed by atoms with Crippen molar-refractivity contribution < 1.29 is 37.5 Å². The van der Waals surface area contributed by atoms with Crippen molar-refractivity contribution in [3.63, 3.8) is 0 Å². The summed E-state index contributed by atoms with van der Waals surface area (Å²) >= 11 is 1.71. The number of hydrogen-bond donors (Lipinski definition) is 3. The molecule has 1 saturated carbocycles. The molecule has 2 aliphatic heterocycles. The minimum absolute atomic E-state index is 0.224. The van der Waals surface area contributed by atoms with E-state index in [4.69, 9.17) is 0 Å². The van der Waals surface area contributed by atoms with Crippen molar-refractivity contribution in [3.8, 4) is 5.75 Å². The number of carbonyl (C=O) groups is 4. The minimum Gasteiger partial charge on any atom is -0.507 e. The second-order valence-electron chi connectivity index (χ2n) is 17.7. The first-order chi connectivity index (χ1) is 24.9. The highest BCUT2D eigenvalue weighted by Gasteiger charge is 2.51. The third kappa shape index (κ3) is 10.0. The lowest BCUT2D eigenvalue weighted by Gasteiger charge is -2.51. The van der Waals surface area contributed by atoms with E-state index in [1.807, 2.05) is 12.1 Å². The Balaban J connectivity index is 1.45. The molecule has 1 aliphatic carbocycles. The van der Waals surface area contributed by atoms with Crippen molar-refractivity contribution in [1.82, 2.24) is 15.5 Å². The Bertz CT molecular complexity index is 1650. The van der Waals surface area contributed by atoms with Crippen molar-refractivity contribution in [2.45, 2.75) is 147 Å². The zero-order chi connectivity index (χ0) is 40.5. The van der Waals surface area contributed by atoms with Gasteiger partial charge in [0.2, 0.25) is 11.8 Å². The standard InChI is InChI=1S/C42H58F3N3O5S/c1-23(2)32(36(50)42(43,44)45)46-38(52)34-26-15-17-28(18-16-26)48(34)39(53)33(24(3)4)47-37(51)27-13-11-25(12-14-27)19-20-54-29-21-30(40(5,6)7)35(49)31(22-29)41(8,9)10/h11-14,21-24,26,28,32-34,49H,15-20H2,1-10H3,(H,46,52)(H,47,51)/t26?,28?,32?,33-,34-/m0/s1. The number of hydrogen-bond acceptors (Lipinski definition) is 6. The minimum atomic E-state index is -5.12. The smallest absolute Gasteiger partial charge is 0.452 e. The predicted octanol–water partition coefficient (Wildman–Crippen LogP) is 8.12. The number of nitrogens with one attached hydrogen (secondary N) is 2. The van der Waals surface area contributed by atoms with Gasteiger partial charge in [0, 0.05) is 33.4 Å². The second kappa shape index (κ2) is 16.7. The molecule has 1 unspecified atom stereocenters. The number of piperidine rings is 2. The fraction of sp³-hybridized carbons (Fsp3) is 0.619. The first-order valence-electron chi connectivity index (χ1n) is 19.1. The van der Waals surface area contributed by atoms with Crippen LogP contribution in [0.1, 0.15) is 122 Å². The van der Waals surface area contributed by atoms with Crippen molar-refractivity contribution in [2.75, 3.05) is 5.75 Å². The number of Topliss-reactive ketones (excluding diaryl/α,β-unsaturated/α-hetero) is 1. The monoisotopic (exact) mass is 773 g/mol. The number of phenolic OH excluding ortho intramolecular Hbond substituents is 1. The molecule has 12 heteroatoms. The summed E-state index contributed by atoms with van der Waals surface area (Å²) in [6.45, 7) is 19.0. The lowest BCUT2D eigenvalue weighted by Crippen LogP contribution is -2.67. The lowest BCUT2D eigenvalue weighted by molar-refractivity contribution is -0.175. The van der Waals surface area contributed by atoms with Gasteiger partial charge in [-0.2, -0.15) is 13.2 Å². The number of nitrogens with zero attached hydrogens (tertiary/aromatic N) is 1. The molecule has 5 rings (SSSR count). The Morgan fingerprint density at radius 3 is 1.80 bits per heavy atom. The fourth-order valence-electron chi connectivity index (χ4n) is 7.60. The summed E-state index contributed by atoms with van der Waals surface area (Å²) in [5, 5.41) is 16.3. The molecular weight excluding hydrogens is 716 g/mol. The first-order valence-corrected chi connectivity index (χ1v) is 20.0. The van der Waals surface area contributed by atoms with E-state index in [2.05, 4.69) is 64.3 Å². The normalized spacial score (nSPS) is 20.2. The molecule has 0 radical (unpaired) electrons. The Morgan fingerprint density at radius 2 is 1.33 bits per heavy atom. The second-order valence-corrected chi connectivity index (χ2v) is 18.9. The summed E-state index contributed by atoms with van der Waals surface area (Å²) in [6, 6.07) is 7.25. The van der Waals surface area contributed by atoms with Gasteiger partial charge in [0.1, 0.15) is 17.8 Å². The zero-order valence-corrected chi connectivity index (χ0v) is 34.1. The number of amides is 3. The Hall–Kier alpha value is -3.54. The third-order valence-corrected chi connectivity index (χ3v) is 11.7. The van der Waals surface area contributed by atoms with Gasteiger partial charge in [-0.15, -0.1) is 11.8 Å². The van der Waals surface area contributed by atoms with E-state index in [0.29, 0.717) is 37.0 Å². The highest BCUT2D eigenvalue weighted by molar-refractivity contribution is 7.99. The number of phenols is 1. The fourth-order valence-corrected chi connectivity index (χ4v) is 8.58. The Labute approximate surface area is 322 Å². The number of rotatable bonds is 12. The molecule has 3 aliphatic rings. The highest BCUT2D eigenvalue weighted by Crippen LogP contribution is 2.43. The summed E-state index contributed by atoms with van der Waals surface area (Å²) < 4.78 is 40.2. The van der Waals surface area contributed by atoms with E-state index in [0.717, 1.165) is 33.8 Å². The van der Waals surface area contributed by atoms with Crippen LogP contribution in [0, 0.1) is 17.8 Å². The van der Waals surface area contributed by atoms with Crippen molar-refractivity contribution in [3.05, 3.63) is 58.7 Å². The molecule has 2 heterocycles. The van der Waals surface area contributed by atoms with Crippen molar-refractivity contribution in [1.29, 1.82) is 0 Å². The van der Waals surface area contributed by atoms with Gasteiger partial charge >= 0.3 is 6.18 Å². The SMILES string of the molecule is CC(C)C(NC(=O)[C@@H]1C2CCC(CC2)N1C(=O)[C@@H](NC(=O)c1ccc(CCSc2cc(C(C)(C)C)c(O)c(C(C)(C)C)c2)cc1)C(C)C)C(=O)C(F)(F)F. The van der Waals surface area contributed by atoms with Crippen LogP contribution >= 0.6 is 11.8 Å². The van der Waals surface area contributed by atoms with E-state index < -0.39 is 53.7 Å². The van der Waals surface area contributed by atoms with E-state index in [1.54, 1.807) is 37.7 Å². The maximum Gasteiger partial charge on any atom is 0.452 e. The molecule has 3 atom stereocenters. The quantitative estimate of drug-likeness (QED) is 0.188. The highest BCUT2D eigenvalue weighted by atomic mass is 32.2. The maximum atomic E-state index is 14.3. The molecule has 2 bridgehead atoms. The van der Waals surface area contributed by atoms with Gasteiger partial charge in [0.25, 0.3) is 11.7 Å². The van der Waals surface area contributed by atoms with Crippen molar-refractivity contribution >= 4 is 35.3 Å². The molecule has 3 fully saturated rings. The van der Waals surface area contributed by atoms with Gasteiger partial charge < -0.3 is 20.6 Å².